The van der Waals surface area contributed by atoms with Crippen LogP contribution in [-0.2, 0) is 4.79 Å². The van der Waals surface area contributed by atoms with E-state index in [1.54, 1.807) is 0 Å². The summed E-state index contributed by atoms with van der Waals surface area (Å²) in [5.41, 5.74) is 10.7. The van der Waals surface area contributed by atoms with Gasteiger partial charge in [0.25, 0.3) is 0 Å². The number of piperidine rings is 1. The van der Waals surface area contributed by atoms with Gasteiger partial charge in [-0.25, -0.2) is 0 Å². The van der Waals surface area contributed by atoms with Crippen LogP contribution in [0.3, 0.4) is 0 Å². The molecule has 0 aromatic heterocycles. The van der Waals surface area contributed by atoms with Crippen LogP contribution in [0.25, 0.3) is 0 Å². The maximum atomic E-state index is 12.7. The molecule has 0 bridgehead atoms. The maximum absolute atomic E-state index is 12.7. The lowest BCUT2D eigenvalue weighted by molar-refractivity contribution is -0.121. The minimum Gasteiger partial charge on any atom is -0.326 e. The molecule has 3 N–H and O–H groups in total. The Morgan fingerprint density at radius 2 is 1.63 bits per heavy atom. The lowest BCUT2D eigenvalue weighted by atomic mass is 9.93. The minimum atomic E-state index is -0.264. The fourth-order valence-electron chi connectivity index (χ4n) is 3.66. The first-order valence-electron chi connectivity index (χ1n) is 9.89. The molecule has 1 heterocycles. The molecular formula is C23H31N3O. The van der Waals surface area contributed by atoms with E-state index in [-0.39, 0.29) is 17.9 Å². The quantitative estimate of drug-likeness (QED) is 0.837. The van der Waals surface area contributed by atoms with Crippen molar-refractivity contribution < 1.29 is 4.79 Å². The number of para-hydroxylation sites is 1. The van der Waals surface area contributed by atoms with Gasteiger partial charge in [0.05, 0.1) is 6.04 Å². The normalized spacial score (nSPS) is 17.1. The SMILES string of the molecule is CC(C)c1ccc([C@@H](N)c2ccccc2NC(=O)C2CCN(C)CC2)cc1. The number of nitrogens with one attached hydrogen (secondary N) is 1. The van der Waals surface area contributed by atoms with Gasteiger partial charge in [-0.05, 0) is 61.7 Å². The number of benzene rings is 2. The third kappa shape index (κ3) is 4.76. The van der Waals surface area contributed by atoms with Crippen molar-refractivity contribution in [3.63, 3.8) is 0 Å². The van der Waals surface area contributed by atoms with E-state index in [4.69, 9.17) is 5.73 Å². The van der Waals surface area contributed by atoms with Crippen LogP contribution in [0, 0.1) is 5.92 Å². The predicted molar refractivity (Wildman–Crippen MR) is 112 cm³/mol. The number of anilines is 1. The smallest absolute Gasteiger partial charge is 0.227 e. The van der Waals surface area contributed by atoms with Gasteiger partial charge < -0.3 is 16.0 Å². The molecule has 4 heteroatoms. The van der Waals surface area contributed by atoms with E-state index in [2.05, 4.69) is 55.4 Å². The van der Waals surface area contributed by atoms with Crippen molar-refractivity contribution in [1.29, 1.82) is 0 Å². The lowest BCUT2D eigenvalue weighted by Gasteiger charge is -2.28. The number of hydrogen-bond acceptors (Lipinski definition) is 3. The number of hydrogen-bond donors (Lipinski definition) is 2. The van der Waals surface area contributed by atoms with Gasteiger partial charge in [-0.15, -0.1) is 0 Å². The molecule has 1 amide bonds. The van der Waals surface area contributed by atoms with Crippen LogP contribution in [0.15, 0.2) is 48.5 Å². The molecule has 144 valence electrons. The van der Waals surface area contributed by atoms with E-state index >= 15 is 0 Å². The fraction of sp³-hybridized carbons (Fsp3) is 0.435. The Kier molecular flexibility index (Phi) is 6.30. The summed E-state index contributed by atoms with van der Waals surface area (Å²) < 4.78 is 0. The fourth-order valence-corrected chi connectivity index (χ4v) is 3.66. The molecule has 4 nitrogen and oxygen atoms in total. The summed E-state index contributed by atoms with van der Waals surface area (Å²) in [6.45, 7) is 6.31. The van der Waals surface area contributed by atoms with Crippen molar-refractivity contribution in [3.8, 4) is 0 Å². The van der Waals surface area contributed by atoms with E-state index in [0.717, 1.165) is 42.7 Å². The van der Waals surface area contributed by atoms with Crippen molar-refractivity contribution in [2.24, 2.45) is 11.7 Å². The first kappa shape index (κ1) is 19.6. The van der Waals surface area contributed by atoms with E-state index in [9.17, 15) is 4.79 Å². The molecule has 2 aromatic rings. The van der Waals surface area contributed by atoms with Crippen LogP contribution >= 0.6 is 0 Å². The molecule has 1 aliphatic heterocycles. The number of likely N-dealkylation sites (tertiary alicyclic amines) is 1. The van der Waals surface area contributed by atoms with Crippen molar-refractivity contribution in [2.45, 2.75) is 38.6 Å². The number of amides is 1. The van der Waals surface area contributed by atoms with Crippen molar-refractivity contribution in [2.75, 3.05) is 25.5 Å². The molecule has 27 heavy (non-hydrogen) atoms. The molecule has 1 fully saturated rings. The van der Waals surface area contributed by atoms with Gasteiger partial charge in [-0.3, -0.25) is 4.79 Å². The highest BCUT2D eigenvalue weighted by atomic mass is 16.1. The Labute approximate surface area is 162 Å². The summed E-state index contributed by atoms with van der Waals surface area (Å²) in [4.78, 5) is 15.0. The second-order valence-electron chi connectivity index (χ2n) is 7.95. The third-order valence-corrected chi connectivity index (χ3v) is 5.61. The largest absolute Gasteiger partial charge is 0.326 e. The van der Waals surface area contributed by atoms with Gasteiger partial charge in [0.15, 0.2) is 0 Å². The van der Waals surface area contributed by atoms with Crippen LogP contribution in [0.1, 0.15) is 55.3 Å². The van der Waals surface area contributed by atoms with Crippen molar-refractivity contribution in [3.05, 3.63) is 65.2 Å². The molecule has 0 spiro atoms. The Morgan fingerprint density at radius 3 is 2.26 bits per heavy atom. The maximum Gasteiger partial charge on any atom is 0.227 e. The van der Waals surface area contributed by atoms with Gasteiger partial charge in [0, 0.05) is 11.6 Å². The van der Waals surface area contributed by atoms with Gasteiger partial charge in [0.1, 0.15) is 0 Å². The Hall–Kier alpha value is -2.17. The van der Waals surface area contributed by atoms with Crippen molar-refractivity contribution in [1.82, 2.24) is 4.90 Å². The molecule has 0 unspecified atom stereocenters. The third-order valence-electron chi connectivity index (χ3n) is 5.61. The molecule has 3 rings (SSSR count). The zero-order valence-electron chi connectivity index (χ0n) is 16.6. The summed E-state index contributed by atoms with van der Waals surface area (Å²) >= 11 is 0. The highest BCUT2D eigenvalue weighted by Gasteiger charge is 2.24. The minimum absolute atomic E-state index is 0.0794. The topological polar surface area (TPSA) is 58.4 Å². The van der Waals surface area contributed by atoms with Gasteiger partial charge in [-0.2, -0.15) is 0 Å². The number of carbonyl (C=O) groups is 1. The van der Waals surface area contributed by atoms with E-state index in [1.807, 2.05) is 24.3 Å². The highest BCUT2D eigenvalue weighted by Crippen LogP contribution is 2.28. The van der Waals surface area contributed by atoms with Crippen LogP contribution in [0.2, 0.25) is 0 Å². The number of nitrogens with zero attached hydrogens (tertiary/aromatic N) is 1. The molecule has 0 saturated carbocycles. The van der Waals surface area contributed by atoms with Gasteiger partial charge in [-0.1, -0.05) is 56.3 Å². The van der Waals surface area contributed by atoms with E-state index < -0.39 is 0 Å². The van der Waals surface area contributed by atoms with Crippen molar-refractivity contribution >= 4 is 11.6 Å². The molecule has 2 aromatic carbocycles. The highest BCUT2D eigenvalue weighted by molar-refractivity contribution is 5.93. The average Bonchev–Trinajstić information content (AvgIpc) is 2.68. The summed E-state index contributed by atoms with van der Waals surface area (Å²) in [6, 6.07) is 16.1. The second kappa shape index (κ2) is 8.68. The molecule has 0 radical (unpaired) electrons. The summed E-state index contributed by atoms with van der Waals surface area (Å²) in [6.07, 6.45) is 1.82. The lowest BCUT2D eigenvalue weighted by Crippen LogP contribution is -2.36. The summed E-state index contributed by atoms with van der Waals surface area (Å²) in [5, 5.41) is 3.14. The average molecular weight is 366 g/mol. The summed E-state index contributed by atoms with van der Waals surface area (Å²) in [5.74, 6) is 0.685. The van der Waals surface area contributed by atoms with Crippen LogP contribution in [0.4, 0.5) is 5.69 Å². The monoisotopic (exact) mass is 365 g/mol. The molecular weight excluding hydrogens is 334 g/mol. The number of carbonyl (C=O) groups excluding carboxylic acids is 1. The standard InChI is InChI=1S/C23H31N3O/c1-16(2)17-8-10-18(11-9-17)22(24)20-6-4-5-7-21(20)25-23(27)19-12-14-26(3)15-13-19/h4-11,16,19,22H,12-15,24H2,1-3H3,(H,25,27)/t22-/m1/s1. The first-order valence-corrected chi connectivity index (χ1v) is 9.89. The van der Waals surface area contributed by atoms with Crippen LogP contribution in [0.5, 0.6) is 0 Å². The molecule has 1 aliphatic rings. The Bertz CT molecular complexity index is 761. The molecule has 1 saturated heterocycles. The zero-order valence-corrected chi connectivity index (χ0v) is 16.6. The second-order valence-corrected chi connectivity index (χ2v) is 7.95. The zero-order chi connectivity index (χ0) is 19.4. The molecule has 0 aliphatic carbocycles. The Morgan fingerprint density at radius 1 is 1.04 bits per heavy atom. The summed E-state index contributed by atoms with van der Waals surface area (Å²) in [7, 11) is 2.10. The first-order chi connectivity index (χ1) is 13.0. The van der Waals surface area contributed by atoms with Gasteiger partial charge >= 0.3 is 0 Å². The Balaban J connectivity index is 1.76. The van der Waals surface area contributed by atoms with E-state index in [0.29, 0.717) is 5.92 Å². The predicted octanol–water partition coefficient (Wildman–Crippen LogP) is 4.14. The van der Waals surface area contributed by atoms with Gasteiger partial charge in [0.2, 0.25) is 5.91 Å². The van der Waals surface area contributed by atoms with Crippen LogP contribution < -0.4 is 11.1 Å². The number of nitrogens with two attached hydrogens (primary N) is 1. The van der Waals surface area contributed by atoms with E-state index in [1.165, 1.54) is 5.56 Å². The van der Waals surface area contributed by atoms with Crippen LogP contribution in [-0.4, -0.2) is 30.9 Å². The molecule has 1 atom stereocenters. The number of rotatable bonds is 5.